The van der Waals surface area contributed by atoms with Crippen LogP contribution in [0.1, 0.15) is 46.7 Å². The van der Waals surface area contributed by atoms with Gasteiger partial charge in [-0.1, -0.05) is 17.4 Å². The molecule has 0 fully saturated rings. The SMILES string of the molecule is C/C(P)=C/C(=N)CNc1nc(C)c(-c2nc3ccccc3s2)c(NC(C)C[C@H](CO)[C@H](C)OC(C)(C)O)n1. The molecule has 2 aromatic heterocycles. The van der Waals surface area contributed by atoms with Crippen LogP contribution >= 0.6 is 20.6 Å². The van der Waals surface area contributed by atoms with Crippen LogP contribution in [0.4, 0.5) is 11.8 Å². The Bertz CT molecular complexity index is 1250. The van der Waals surface area contributed by atoms with Gasteiger partial charge in [0.15, 0.2) is 5.79 Å². The minimum atomic E-state index is -1.29. The minimum absolute atomic E-state index is 0.0750. The first-order chi connectivity index (χ1) is 17.9. The average Bonchev–Trinajstić information content (AvgIpc) is 3.23. The van der Waals surface area contributed by atoms with E-state index < -0.39 is 5.79 Å². The Hall–Kier alpha value is -2.49. The van der Waals surface area contributed by atoms with E-state index in [-0.39, 0.29) is 24.7 Å². The third-order valence-corrected chi connectivity index (χ3v) is 7.07. The molecule has 9 nitrogen and oxygen atoms in total. The number of allylic oxidation sites excluding steroid dienone is 1. The van der Waals surface area contributed by atoms with E-state index in [1.807, 2.05) is 52.0 Å². The van der Waals surface area contributed by atoms with Crippen molar-refractivity contribution in [3.05, 3.63) is 41.3 Å². The molecule has 0 saturated heterocycles. The maximum Gasteiger partial charge on any atom is 0.225 e. The van der Waals surface area contributed by atoms with Gasteiger partial charge in [-0.15, -0.1) is 20.6 Å². The molecule has 0 saturated carbocycles. The lowest BCUT2D eigenvalue weighted by molar-refractivity contribution is -0.215. The maximum absolute atomic E-state index is 10.1. The molecule has 4 atom stereocenters. The number of rotatable bonds is 13. The zero-order valence-electron chi connectivity index (χ0n) is 22.9. The van der Waals surface area contributed by atoms with Crippen molar-refractivity contribution in [3.63, 3.8) is 0 Å². The molecular formula is C27H39N6O3PS. The molecule has 0 radical (unpaired) electrons. The van der Waals surface area contributed by atoms with Gasteiger partial charge in [0, 0.05) is 18.6 Å². The van der Waals surface area contributed by atoms with Crippen molar-refractivity contribution in [2.75, 3.05) is 23.8 Å². The minimum Gasteiger partial charge on any atom is -0.396 e. The number of hydrogen-bond acceptors (Lipinski definition) is 10. The Labute approximate surface area is 230 Å². The van der Waals surface area contributed by atoms with Crippen LogP contribution in [0, 0.1) is 18.3 Å². The smallest absolute Gasteiger partial charge is 0.225 e. The fourth-order valence-corrected chi connectivity index (χ4v) is 5.47. The van der Waals surface area contributed by atoms with E-state index in [2.05, 4.69) is 24.9 Å². The van der Waals surface area contributed by atoms with Gasteiger partial charge in [0.05, 0.1) is 39.8 Å². The summed E-state index contributed by atoms with van der Waals surface area (Å²) < 4.78 is 6.76. The first-order valence-corrected chi connectivity index (χ1v) is 14.0. The monoisotopic (exact) mass is 558 g/mol. The summed E-state index contributed by atoms with van der Waals surface area (Å²) in [5.74, 6) is -0.438. The lowest BCUT2D eigenvalue weighted by atomic mass is 9.96. The molecule has 38 heavy (non-hydrogen) atoms. The molecule has 3 aromatic rings. The Morgan fingerprint density at radius 2 is 1.95 bits per heavy atom. The van der Waals surface area contributed by atoms with Crippen molar-refractivity contribution in [3.8, 4) is 10.6 Å². The zero-order valence-corrected chi connectivity index (χ0v) is 24.8. The van der Waals surface area contributed by atoms with Gasteiger partial charge in [-0.3, -0.25) is 0 Å². The highest BCUT2D eigenvalue weighted by Crippen LogP contribution is 2.36. The Balaban J connectivity index is 1.92. The van der Waals surface area contributed by atoms with Crippen LogP contribution in [0.5, 0.6) is 0 Å². The van der Waals surface area contributed by atoms with Crippen LogP contribution in [0.3, 0.4) is 0 Å². The van der Waals surface area contributed by atoms with Gasteiger partial charge in [0.25, 0.3) is 0 Å². The fourth-order valence-electron chi connectivity index (χ4n) is 4.20. The van der Waals surface area contributed by atoms with Gasteiger partial charge in [-0.25, -0.2) is 9.97 Å². The summed E-state index contributed by atoms with van der Waals surface area (Å²) in [7, 11) is 2.58. The van der Waals surface area contributed by atoms with Crippen molar-refractivity contribution in [1.82, 2.24) is 15.0 Å². The summed E-state index contributed by atoms with van der Waals surface area (Å²) in [5, 5.41) is 36.7. The van der Waals surface area contributed by atoms with Crippen LogP contribution < -0.4 is 10.6 Å². The highest BCUT2D eigenvalue weighted by Gasteiger charge is 2.26. The lowest BCUT2D eigenvalue weighted by Gasteiger charge is -2.30. The second-order valence-corrected chi connectivity index (χ2v) is 12.0. The molecule has 2 heterocycles. The predicted molar refractivity (Wildman–Crippen MR) is 160 cm³/mol. The quantitative estimate of drug-likeness (QED) is 0.110. The van der Waals surface area contributed by atoms with Gasteiger partial charge in [0.2, 0.25) is 5.95 Å². The average molecular weight is 559 g/mol. The second kappa shape index (κ2) is 13.0. The van der Waals surface area contributed by atoms with E-state index in [0.717, 1.165) is 31.8 Å². The third-order valence-electron chi connectivity index (χ3n) is 5.85. The third kappa shape index (κ3) is 8.51. The number of benzene rings is 1. The normalized spacial score (nSPS) is 14.8. The van der Waals surface area contributed by atoms with Crippen LogP contribution in [0.2, 0.25) is 0 Å². The zero-order chi connectivity index (χ0) is 28.0. The van der Waals surface area contributed by atoms with Crippen LogP contribution in [0.25, 0.3) is 20.8 Å². The Morgan fingerprint density at radius 3 is 2.58 bits per heavy atom. The number of nitrogens with zero attached hydrogens (tertiary/aromatic N) is 3. The molecule has 0 aliphatic heterocycles. The molecule has 1 aromatic carbocycles. The number of aryl methyl sites for hydroxylation is 1. The van der Waals surface area contributed by atoms with Crippen molar-refractivity contribution >= 4 is 48.3 Å². The number of aromatic nitrogens is 3. The van der Waals surface area contributed by atoms with Crippen LogP contribution in [-0.4, -0.2) is 62.0 Å². The highest BCUT2D eigenvalue weighted by molar-refractivity contribution is 7.22. The van der Waals surface area contributed by atoms with Crippen molar-refractivity contribution in [2.45, 2.75) is 65.9 Å². The largest absolute Gasteiger partial charge is 0.396 e. The number of nitrogens with one attached hydrogen (secondary N) is 3. The molecular weight excluding hydrogens is 519 g/mol. The number of para-hydroxylation sites is 1. The van der Waals surface area contributed by atoms with Gasteiger partial charge in [-0.2, -0.15) is 4.98 Å². The molecule has 3 rings (SSSR count). The van der Waals surface area contributed by atoms with E-state index >= 15 is 0 Å². The molecule has 0 spiro atoms. The molecule has 2 unspecified atom stereocenters. The van der Waals surface area contributed by atoms with Crippen molar-refractivity contribution < 1.29 is 14.9 Å². The van der Waals surface area contributed by atoms with Crippen molar-refractivity contribution in [2.24, 2.45) is 5.92 Å². The predicted octanol–water partition coefficient (Wildman–Crippen LogP) is 5.20. The van der Waals surface area contributed by atoms with E-state index in [9.17, 15) is 10.2 Å². The van der Waals surface area contributed by atoms with Crippen LogP contribution in [0.15, 0.2) is 35.7 Å². The van der Waals surface area contributed by atoms with E-state index in [1.165, 1.54) is 0 Å². The van der Waals surface area contributed by atoms with E-state index in [0.29, 0.717) is 30.4 Å². The van der Waals surface area contributed by atoms with Gasteiger partial charge in [0.1, 0.15) is 10.8 Å². The summed E-state index contributed by atoms with van der Waals surface area (Å²) in [5.41, 5.74) is 2.92. The summed E-state index contributed by atoms with van der Waals surface area (Å²) in [4.78, 5) is 14.3. The molecule has 11 heteroatoms. The number of anilines is 2. The number of aliphatic hydroxyl groups is 2. The van der Waals surface area contributed by atoms with E-state index in [4.69, 9.17) is 20.1 Å². The Kier molecular flexibility index (Phi) is 10.3. The van der Waals surface area contributed by atoms with Gasteiger partial charge < -0.3 is 31.0 Å². The van der Waals surface area contributed by atoms with Crippen LogP contribution in [-0.2, 0) is 4.74 Å². The second-order valence-electron chi connectivity index (χ2n) is 10.1. The molecule has 5 N–H and O–H groups in total. The first-order valence-electron chi connectivity index (χ1n) is 12.6. The number of hydrogen-bond donors (Lipinski definition) is 5. The molecule has 206 valence electrons. The first kappa shape index (κ1) is 30.1. The van der Waals surface area contributed by atoms with Crippen molar-refractivity contribution in [1.29, 1.82) is 5.41 Å². The number of ether oxygens (including phenoxy) is 1. The summed E-state index contributed by atoms with van der Waals surface area (Å²) in [6.45, 7) is 11.1. The molecule has 0 amide bonds. The number of fused-ring (bicyclic) bond motifs is 1. The summed E-state index contributed by atoms with van der Waals surface area (Å²) in [6.07, 6.45) is 2.01. The van der Waals surface area contributed by atoms with Gasteiger partial charge in [-0.05, 0) is 66.2 Å². The lowest BCUT2D eigenvalue weighted by Crippen LogP contribution is -2.36. The van der Waals surface area contributed by atoms with E-state index in [1.54, 1.807) is 31.3 Å². The molecule has 0 aliphatic carbocycles. The summed E-state index contributed by atoms with van der Waals surface area (Å²) in [6, 6.07) is 7.90. The molecule has 0 aliphatic rings. The maximum atomic E-state index is 10.1. The number of thiazole rings is 1. The highest BCUT2D eigenvalue weighted by atomic mass is 32.1. The number of aliphatic hydroxyl groups excluding tert-OH is 1. The standard InChI is InChI=1S/C27H39N6O3PS/c1-15(11-19(14-34)18(4)36-27(5,6)35)30-24-23(25-32-21-9-7-8-10-22(21)38-25)17(3)31-26(33-24)29-13-20(28)12-16(2)37/h7-10,12,15,18-19,28,34-35H,11,13-14,37H2,1-6H3,(H2,29,30,31,33)/b16-12-,28-20?/t15?,18-,19+/m0/s1. The topological polar surface area (TPSA) is 136 Å². The van der Waals surface area contributed by atoms with Gasteiger partial charge >= 0.3 is 0 Å². The Morgan fingerprint density at radius 1 is 1.24 bits per heavy atom. The fraction of sp³-hybridized carbons (Fsp3) is 0.481. The molecule has 0 bridgehead atoms. The summed E-state index contributed by atoms with van der Waals surface area (Å²) >= 11 is 1.58.